The van der Waals surface area contributed by atoms with E-state index in [1.165, 1.54) is 11.0 Å². The largest absolute Gasteiger partial charge is 0.495 e. The highest BCUT2D eigenvalue weighted by Crippen LogP contribution is 2.39. The number of aromatic amines is 1. The van der Waals surface area contributed by atoms with Crippen LogP contribution in [0.2, 0.25) is 0 Å². The van der Waals surface area contributed by atoms with Gasteiger partial charge in [-0.1, -0.05) is 12.8 Å². The molecule has 0 radical (unpaired) electrons. The lowest BCUT2D eigenvalue weighted by molar-refractivity contribution is -0.0959. The maximum absolute atomic E-state index is 11.2. The molecule has 0 saturated heterocycles. The minimum absolute atomic E-state index is 0.0103. The van der Waals surface area contributed by atoms with E-state index in [0.717, 1.165) is 25.7 Å². The van der Waals surface area contributed by atoms with Crippen molar-refractivity contribution in [1.29, 1.82) is 5.26 Å². The first kappa shape index (κ1) is 15.6. The van der Waals surface area contributed by atoms with Crippen molar-refractivity contribution in [3.05, 3.63) is 24.8 Å². The molecule has 3 N–H and O–H groups in total. The van der Waals surface area contributed by atoms with Gasteiger partial charge in [-0.2, -0.15) is 10.4 Å². The summed E-state index contributed by atoms with van der Waals surface area (Å²) in [6.07, 6.45) is 8.61. The van der Waals surface area contributed by atoms with Gasteiger partial charge < -0.3 is 15.2 Å². The second-order valence-electron chi connectivity index (χ2n) is 6.51. The Hall–Kier alpha value is -2.92. The Morgan fingerprint density at radius 1 is 1.36 bits per heavy atom. The minimum atomic E-state index is -1.31. The van der Waals surface area contributed by atoms with Crippen LogP contribution < -0.4 is 0 Å². The number of aromatic nitrogens is 5. The molecule has 0 bridgehead atoms. The second-order valence-corrected chi connectivity index (χ2v) is 6.51. The Balaban J connectivity index is 1.77. The highest BCUT2D eigenvalue weighted by Gasteiger charge is 2.40. The van der Waals surface area contributed by atoms with Crippen LogP contribution in [-0.4, -0.2) is 34.9 Å². The smallest absolute Gasteiger partial charge is 0.190 e. The van der Waals surface area contributed by atoms with Crippen LogP contribution in [0, 0.1) is 17.2 Å². The van der Waals surface area contributed by atoms with Crippen molar-refractivity contribution in [3.8, 4) is 23.2 Å². The lowest BCUT2D eigenvalue weighted by Crippen LogP contribution is -2.40. The van der Waals surface area contributed by atoms with Gasteiger partial charge in [-0.05, 0) is 12.8 Å². The Morgan fingerprint density at radius 3 is 2.92 bits per heavy atom. The van der Waals surface area contributed by atoms with Crippen molar-refractivity contribution >= 4 is 11.0 Å². The van der Waals surface area contributed by atoms with Crippen molar-refractivity contribution in [3.63, 3.8) is 0 Å². The highest BCUT2D eigenvalue weighted by molar-refractivity contribution is 5.91. The minimum Gasteiger partial charge on any atom is -0.495 e. The van der Waals surface area contributed by atoms with Crippen molar-refractivity contribution in [2.24, 2.45) is 5.92 Å². The molecule has 0 aromatic carbocycles. The molecule has 1 aliphatic carbocycles. The van der Waals surface area contributed by atoms with E-state index in [0.29, 0.717) is 22.3 Å². The van der Waals surface area contributed by atoms with Crippen molar-refractivity contribution in [2.45, 2.75) is 37.8 Å². The fourth-order valence-electron chi connectivity index (χ4n) is 3.73. The summed E-state index contributed by atoms with van der Waals surface area (Å²) in [5, 5.41) is 35.0. The number of nitriles is 1. The third kappa shape index (κ3) is 2.53. The van der Waals surface area contributed by atoms with Gasteiger partial charge in [0, 0.05) is 29.1 Å². The van der Waals surface area contributed by atoms with Crippen LogP contribution in [0.15, 0.2) is 24.8 Å². The summed E-state index contributed by atoms with van der Waals surface area (Å²) in [6, 6.07) is 3.65. The standard InChI is InChI=1S/C17H18N6O2/c18-6-5-17(25,12-3-1-2-4-12)23-9-11(8-21-23)15-13-7-14(24)22-16(13)20-10-19-15/h7-10,12,24-25H,1-5H2,(H,19,20,22). The van der Waals surface area contributed by atoms with Crippen molar-refractivity contribution in [1.82, 2.24) is 24.7 Å². The van der Waals surface area contributed by atoms with Gasteiger partial charge in [-0.3, -0.25) is 0 Å². The van der Waals surface area contributed by atoms with E-state index in [-0.39, 0.29) is 18.2 Å². The van der Waals surface area contributed by atoms with Gasteiger partial charge in [0.05, 0.1) is 24.4 Å². The summed E-state index contributed by atoms with van der Waals surface area (Å²) in [7, 11) is 0. The Morgan fingerprint density at radius 2 is 2.16 bits per heavy atom. The third-order valence-electron chi connectivity index (χ3n) is 5.01. The van der Waals surface area contributed by atoms with Gasteiger partial charge in [0.1, 0.15) is 12.0 Å². The normalized spacial score (nSPS) is 17.6. The summed E-state index contributed by atoms with van der Waals surface area (Å²) in [6.45, 7) is 0. The molecule has 1 unspecified atom stereocenters. The number of hydrogen-bond acceptors (Lipinski definition) is 6. The molecule has 4 rings (SSSR count). The van der Waals surface area contributed by atoms with E-state index in [9.17, 15) is 15.5 Å². The molecule has 8 nitrogen and oxygen atoms in total. The summed E-state index contributed by atoms with van der Waals surface area (Å²) < 4.78 is 1.49. The number of nitrogens with zero attached hydrogens (tertiary/aromatic N) is 5. The molecular weight excluding hydrogens is 320 g/mol. The van der Waals surface area contributed by atoms with Crippen LogP contribution in [0.3, 0.4) is 0 Å². The first-order valence-electron chi connectivity index (χ1n) is 8.29. The molecule has 0 amide bonds. The zero-order valence-electron chi connectivity index (χ0n) is 13.6. The molecule has 3 aromatic rings. The third-order valence-corrected chi connectivity index (χ3v) is 5.01. The number of rotatable bonds is 4. The number of hydrogen-bond donors (Lipinski definition) is 3. The van der Waals surface area contributed by atoms with E-state index in [2.05, 4.69) is 26.1 Å². The van der Waals surface area contributed by atoms with Crippen molar-refractivity contribution in [2.75, 3.05) is 0 Å². The van der Waals surface area contributed by atoms with Crippen LogP contribution in [0.5, 0.6) is 5.88 Å². The maximum Gasteiger partial charge on any atom is 0.190 e. The van der Waals surface area contributed by atoms with Crippen molar-refractivity contribution < 1.29 is 10.2 Å². The molecule has 1 atom stereocenters. The summed E-state index contributed by atoms with van der Waals surface area (Å²) >= 11 is 0. The number of aliphatic hydroxyl groups is 1. The molecule has 1 saturated carbocycles. The number of H-pyrrole nitrogens is 1. The molecule has 25 heavy (non-hydrogen) atoms. The van der Waals surface area contributed by atoms with Crippen LogP contribution in [0.1, 0.15) is 32.1 Å². The van der Waals surface area contributed by atoms with Gasteiger partial charge in [0.15, 0.2) is 11.6 Å². The number of nitrogens with one attached hydrogen (secondary N) is 1. The molecule has 1 fully saturated rings. The molecule has 0 aliphatic heterocycles. The molecule has 3 heterocycles. The predicted octanol–water partition coefficient (Wildman–Crippen LogP) is 2.28. The summed E-state index contributed by atoms with van der Waals surface area (Å²) in [5.74, 6) is 0.0257. The number of fused-ring (bicyclic) bond motifs is 1. The molecule has 128 valence electrons. The van der Waals surface area contributed by atoms with E-state index in [4.69, 9.17) is 0 Å². The van der Waals surface area contributed by atoms with Crippen LogP contribution in [0.25, 0.3) is 22.3 Å². The van der Waals surface area contributed by atoms with Gasteiger partial charge in [0.2, 0.25) is 0 Å². The van der Waals surface area contributed by atoms with E-state index < -0.39 is 5.72 Å². The predicted molar refractivity (Wildman–Crippen MR) is 89.2 cm³/mol. The molecule has 3 aromatic heterocycles. The fraction of sp³-hybridized carbons (Fsp3) is 0.412. The average Bonchev–Trinajstić information content (AvgIpc) is 3.34. The first-order chi connectivity index (χ1) is 12.1. The SMILES string of the molecule is N#CCC(O)(C1CCCC1)n1cc(-c2ncnc3[nH]c(O)cc23)cn1. The van der Waals surface area contributed by atoms with E-state index >= 15 is 0 Å². The van der Waals surface area contributed by atoms with Gasteiger partial charge >= 0.3 is 0 Å². The molecule has 8 heteroatoms. The molecule has 0 spiro atoms. The zero-order valence-corrected chi connectivity index (χ0v) is 13.6. The lowest BCUT2D eigenvalue weighted by Gasteiger charge is -2.32. The van der Waals surface area contributed by atoms with E-state index in [1.807, 2.05) is 0 Å². The summed E-state index contributed by atoms with van der Waals surface area (Å²) in [4.78, 5) is 11.1. The van der Waals surface area contributed by atoms with Gasteiger partial charge in [0.25, 0.3) is 0 Å². The highest BCUT2D eigenvalue weighted by atomic mass is 16.3. The quantitative estimate of drug-likeness (QED) is 0.670. The first-order valence-corrected chi connectivity index (χ1v) is 8.29. The fourth-order valence-corrected chi connectivity index (χ4v) is 3.73. The second kappa shape index (κ2) is 5.86. The van der Waals surface area contributed by atoms with Crippen LogP contribution in [-0.2, 0) is 5.72 Å². The van der Waals surface area contributed by atoms with E-state index in [1.54, 1.807) is 18.5 Å². The summed E-state index contributed by atoms with van der Waals surface area (Å²) in [5.41, 5.74) is 0.522. The average molecular weight is 338 g/mol. The van der Waals surface area contributed by atoms with Crippen LogP contribution in [0.4, 0.5) is 0 Å². The topological polar surface area (TPSA) is 124 Å². The maximum atomic E-state index is 11.2. The Kier molecular flexibility index (Phi) is 3.66. The van der Waals surface area contributed by atoms with Gasteiger partial charge in [-0.25, -0.2) is 14.6 Å². The molecule has 1 aliphatic rings. The van der Waals surface area contributed by atoms with Gasteiger partial charge in [-0.15, -0.1) is 0 Å². The lowest BCUT2D eigenvalue weighted by atomic mass is 9.91. The monoisotopic (exact) mass is 338 g/mol. The zero-order chi connectivity index (χ0) is 17.4. The number of aromatic hydroxyl groups is 1. The Bertz CT molecular complexity index is 950. The van der Waals surface area contributed by atoms with Crippen LogP contribution >= 0.6 is 0 Å². The Labute approximate surface area is 143 Å². The molecular formula is C17H18N6O2.